The highest BCUT2D eigenvalue weighted by Gasteiger charge is 2.18. The third-order valence-electron chi connectivity index (χ3n) is 3.67. The van der Waals surface area contributed by atoms with Crippen molar-refractivity contribution in [3.8, 4) is 0 Å². The van der Waals surface area contributed by atoms with Crippen LogP contribution in [0.1, 0.15) is 52.9 Å². The molecule has 1 rings (SSSR count). The van der Waals surface area contributed by atoms with Gasteiger partial charge in [-0.1, -0.05) is 40.0 Å². The topological polar surface area (TPSA) is 12.0 Å². The van der Waals surface area contributed by atoms with Gasteiger partial charge in [-0.05, 0) is 43.7 Å². The zero-order valence-corrected chi connectivity index (χ0v) is 10.2. The molecular formula is C13H27N. The van der Waals surface area contributed by atoms with E-state index in [-0.39, 0.29) is 0 Å². The van der Waals surface area contributed by atoms with Gasteiger partial charge in [0.2, 0.25) is 0 Å². The second-order valence-electron chi connectivity index (χ2n) is 5.31. The highest BCUT2D eigenvalue weighted by molar-refractivity contribution is 4.72. The molecule has 3 atom stereocenters. The van der Waals surface area contributed by atoms with Crippen LogP contribution in [0, 0.1) is 17.8 Å². The molecule has 0 aromatic heterocycles. The summed E-state index contributed by atoms with van der Waals surface area (Å²) in [6, 6.07) is 0. The van der Waals surface area contributed by atoms with Crippen molar-refractivity contribution in [1.82, 2.24) is 5.32 Å². The average Bonchev–Trinajstić information content (AvgIpc) is 2.17. The Kier molecular flexibility index (Phi) is 5.54. The Hall–Kier alpha value is -0.0400. The van der Waals surface area contributed by atoms with E-state index in [1.807, 2.05) is 0 Å². The molecule has 14 heavy (non-hydrogen) atoms. The summed E-state index contributed by atoms with van der Waals surface area (Å²) in [5.41, 5.74) is 0. The van der Waals surface area contributed by atoms with Crippen molar-refractivity contribution in [2.45, 2.75) is 52.9 Å². The quantitative estimate of drug-likeness (QED) is 0.712. The molecule has 1 N–H and O–H groups in total. The Morgan fingerprint density at radius 1 is 1.36 bits per heavy atom. The summed E-state index contributed by atoms with van der Waals surface area (Å²) in [6.45, 7) is 9.47. The highest BCUT2D eigenvalue weighted by Crippen LogP contribution is 2.27. The maximum atomic E-state index is 3.63. The molecule has 0 heterocycles. The Balaban J connectivity index is 2.05. The molecule has 0 amide bonds. The smallest absolute Gasteiger partial charge is 0.00203 e. The maximum Gasteiger partial charge on any atom is -0.00203 e. The largest absolute Gasteiger partial charge is 0.316 e. The van der Waals surface area contributed by atoms with E-state index in [0.29, 0.717) is 0 Å². The van der Waals surface area contributed by atoms with E-state index in [2.05, 4.69) is 26.1 Å². The molecule has 0 saturated heterocycles. The zero-order chi connectivity index (χ0) is 10.4. The Morgan fingerprint density at radius 3 is 2.79 bits per heavy atom. The van der Waals surface area contributed by atoms with Crippen LogP contribution in [0.5, 0.6) is 0 Å². The molecule has 1 nitrogen and oxygen atoms in total. The summed E-state index contributed by atoms with van der Waals surface area (Å²) in [7, 11) is 0. The van der Waals surface area contributed by atoms with Gasteiger partial charge in [0.15, 0.2) is 0 Å². The predicted molar refractivity (Wildman–Crippen MR) is 63.4 cm³/mol. The van der Waals surface area contributed by atoms with E-state index in [1.165, 1.54) is 45.2 Å². The van der Waals surface area contributed by atoms with Crippen LogP contribution in [0.2, 0.25) is 0 Å². The van der Waals surface area contributed by atoms with Crippen molar-refractivity contribution in [1.29, 1.82) is 0 Å². The lowest BCUT2D eigenvalue weighted by molar-refractivity contribution is 0.271. The average molecular weight is 197 g/mol. The highest BCUT2D eigenvalue weighted by atomic mass is 14.9. The van der Waals surface area contributed by atoms with Crippen LogP contribution in [0.25, 0.3) is 0 Å². The fraction of sp³-hybridized carbons (Fsp3) is 1.00. The first-order valence-corrected chi connectivity index (χ1v) is 6.43. The van der Waals surface area contributed by atoms with Gasteiger partial charge in [0.25, 0.3) is 0 Å². The van der Waals surface area contributed by atoms with Crippen LogP contribution in [0.15, 0.2) is 0 Å². The minimum atomic E-state index is 0.844. The number of hydrogen-bond acceptors (Lipinski definition) is 1. The first-order chi connectivity index (χ1) is 6.72. The Labute approximate surface area is 89.7 Å². The first kappa shape index (κ1) is 12.0. The molecule has 1 saturated carbocycles. The zero-order valence-electron chi connectivity index (χ0n) is 10.2. The number of hydrogen-bond donors (Lipinski definition) is 1. The van der Waals surface area contributed by atoms with Crippen LogP contribution in [0.3, 0.4) is 0 Å². The summed E-state index contributed by atoms with van der Waals surface area (Å²) in [6.07, 6.45) is 7.12. The molecule has 1 aliphatic carbocycles. The van der Waals surface area contributed by atoms with Gasteiger partial charge in [0.1, 0.15) is 0 Å². The van der Waals surface area contributed by atoms with E-state index in [1.54, 1.807) is 0 Å². The molecule has 0 bridgehead atoms. The number of rotatable bonds is 5. The summed E-state index contributed by atoms with van der Waals surface area (Å²) in [5, 5.41) is 3.63. The van der Waals surface area contributed by atoms with E-state index >= 15 is 0 Å². The van der Waals surface area contributed by atoms with Gasteiger partial charge < -0.3 is 5.32 Å². The van der Waals surface area contributed by atoms with Crippen molar-refractivity contribution >= 4 is 0 Å². The Bertz CT molecular complexity index is 144. The summed E-state index contributed by atoms with van der Waals surface area (Å²) in [4.78, 5) is 0. The van der Waals surface area contributed by atoms with E-state index in [0.717, 1.165) is 17.8 Å². The van der Waals surface area contributed by atoms with Crippen LogP contribution in [-0.2, 0) is 0 Å². The van der Waals surface area contributed by atoms with Crippen LogP contribution in [0.4, 0.5) is 0 Å². The Morgan fingerprint density at radius 2 is 2.14 bits per heavy atom. The summed E-state index contributed by atoms with van der Waals surface area (Å²) >= 11 is 0. The predicted octanol–water partition coefficient (Wildman–Crippen LogP) is 3.45. The minimum Gasteiger partial charge on any atom is -0.316 e. The van der Waals surface area contributed by atoms with Crippen molar-refractivity contribution in [2.75, 3.05) is 13.1 Å². The first-order valence-electron chi connectivity index (χ1n) is 6.43. The summed E-state index contributed by atoms with van der Waals surface area (Å²) in [5.74, 6) is 2.78. The molecule has 0 radical (unpaired) electrons. The molecular weight excluding hydrogens is 170 g/mol. The van der Waals surface area contributed by atoms with Crippen LogP contribution < -0.4 is 5.32 Å². The van der Waals surface area contributed by atoms with Crippen molar-refractivity contribution in [3.05, 3.63) is 0 Å². The molecule has 3 unspecified atom stereocenters. The van der Waals surface area contributed by atoms with E-state index < -0.39 is 0 Å². The second kappa shape index (κ2) is 6.44. The lowest BCUT2D eigenvalue weighted by atomic mass is 9.82. The standard InChI is InChI=1S/C13H27N/c1-4-11(2)9-14-10-13-7-5-6-12(3)8-13/h11-14H,4-10H2,1-3H3. The van der Waals surface area contributed by atoms with Gasteiger partial charge in [-0.2, -0.15) is 0 Å². The second-order valence-corrected chi connectivity index (χ2v) is 5.31. The van der Waals surface area contributed by atoms with Gasteiger partial charge in [-0.3, -0.25) is 0 Å². The van der Waals surface area contributed by atoms with Crippen molar-refractivity contribution in [2.24, 2.45) is 17.8 Å². The van der Waals surface area contributed by atoms with Gasteiger partial charge in [0.05, 0.1) is 0 Å². The van der Waals surface area contributed by atoms with Gasteiger partial charge in [-0.15, -0.1) is 0 Å². The van der Waals surface area contributed by atoms with Gasteiger partial charge in [-0.25, -0.2) is 0 Å². The van der Waals surface area contributed by atoms with E-state index in [9.17, 15) is 0 Å². The minimum absolute atomic E-state index is 0.844. The molecule has 0 aromatic rings. The number of nitrogens with one attached hydrogen (secondary N) is 1. The lowest BCUT2D eigenvalue weighted by Crippen LogP contribution is -2.29. The third-order valence-corrected chi connectivity index (χ3v) is 3.67. The van der Waals surface area contributed by atoms with Crippen molar-refractivity contribution in [3.63, 3.8) is 0 Å². The molecule has 1 heteroatoms. The van der Waals surface area contributed by atoms with E-state index in [4.69, 9.17) is 0 Å². The molecule has 84 valence electrons. The van der Waals surface area contributed by atoms with Crippen LogP contribution >= 0.6 is 0 Å². The third kappa shape index (κ3) is 4.45. The lowest BCUT2D eigenvalue weighted by Gasteiger charge is -2.27. The van der Waals surface area contributed by atoms with Crippen LogP contribution in [-0.4, -0.2) is 13.1 Å². The summed E-state index contributed by atoms with van der Waals surface area (Å²) < 4.78 is 0. The maximum absolute atomic E-state index is 3.63. The molecule has 1 aliphatic rings. The molecule has 1 fully saturated rings. The monoisotopic (exact) mass is 197 g/mol. The SMILES string of the molecule is CCC(C)CNCC1CCCC(C)C1. The molecule has 0 aliphatic heterocycles. The molecule has 0 spiro atoms. The normalized spacial score (nSPS) is 30.2. The van der Waals surface area contributed by atoms with Gasteiger partial charge in [0, 0.05) is 0 Å². The van der Waals surface area contributed by atoms with Gasteiger partial charge >= 0.3 is 0 Å². The molecule has 0 aromatic carbocycles. The fourth-order valence-corrected chi connectivity index (χ4v) is 2.42. The van der Waals surface area contributed by atoms with Crippen molar-refractivity contribution < 1.29 is 0 Å². The fourth-order valence-electron chi connectivity index (χ4n) is 2.42.